The Balaban J connectivity index is 1.74. The first-order valence-corrected chi connectivity index (χ1v) is 13.1. The second-order valence-corrected chi connectivity index (χ2v) is 9.86. The van der Waals surface area contributed by atoms with Gasteiger partial charge in [0, 0.05) is 31.6 Å². The molecule has 0 radical (unpaired) electrons. The normalized spacial score (nSPS) is 15.9. The third-order valence-electron chi connectivity index (χ3n) is 6.93. The first-order chi connectivity index (χ1) is 18.3. The molecule has 0 spiro atoms. The average molecular weight is 538 g/mol. The van der Waals surface area contributed by atoms with Gasteiger partial charge >= 0.3 is 0 Å². The quantitative estimate of drug-likeness (QED) is 0.433. The molecule has 1 aliphatic rings. The lowest BCUT2D eigenvalue weighted by molar-refractivity contribution is 0.0783. The number of likely N-dealkylation sites (tertiary alicyclic amines) is 1. The summed E-state index contributed by atoms with van der Waals surface area (Å²) >= 11 is 5.82. The fourth-order valence-electron chi connectivity index (χ4n) is 5.02. The van der Waals surface area contributed by atoms with E-state index in [1.807, 2.05) is 19.9 Å². The zero-order valence-corrected chi connectivity index (χ0v) is 22.1. The highest BCUT2D eigenvalue weighted by Gasteiger charge is 2.34. The molecule has 2 atom stereocenters. The van der Waals surface area contributed by atoms with Crippen LogP contribution >= 0.6 is 11.6 Å². The fraction of sp³-hybridized carbons (Fsp3) is 0.393. The zero-order valence-electron chi connectivity index (χ0n) is 21.3. The number of carbonyl (C=O) groups excluding carboxylic acids is 1. The summed E-state index contributed by atoms with van der Waals surface area (Å²) in [6, 6.07) is 9.80. The lowest BCUT2D eigenvalue weighted by Crippen LogP contribution is -2.38. The van der Waals surface area contributed by atoms with Crippen molar-refractivity contribution in [1.82, 2.24) is 19.4 Å². The van der Waals surface area contributed by atoms with Gasteiger partial charge in [-0.1, -0.05) is 44.0 Å². The van der Waals surface area contributed by atoms with Crippen LogP contribution in [0.15, 0.2) is 41.3 Å². The van der Waals surface area contributed by atoms with Gasteiger partial charge in [0.05, 0.1) is 28.4 Å². The molecular weight excluding hydrogens is 509 g/mol. The predicted molar refractivity (Wildman–Crippen MR) is 141 cm³/mol. The lowest BCUT2D eigenvalue weighted by atomic mass is 10.0. The van der Waals surface area contributed by atoms with Crippen molar-refractivity contribution in [1.29, 1.82) is 5.26 Å². The maximum atomic E-state index is 14.5. The Labute approximate surface area is 225 Å². The number of benzene rings is 1. The number of halogens is 2. The van der Waals surface area contributed by atoms with Crippen LogP contribution in [0, 0.1) is 17.1 Å². The van der Waals surface area contributed by atoms with Crippen LogP contribution in [0.5, 0.6) is 5.88 Å². The second kappa shape index (κ2) is 11.7. The SMILES string of the molecule is CCCCc1nc(O)c(C(=O)N2CCC(c3ncc(Cl)cc3F)C2)c(=O)n1[C@H](CC)c1cccc(C#N)c1. The molecule has 1 saturated heterocycles. The molecule has 0 bridgehead atoms. The average Bonchev–Trinajstić information content (AvgIpc) is 3.39. The van der Waals surface area contributed by atoms with Crippen LogP contribution in [-0.2, 0) is 6.42 Å². The van der Waals surface area contributed by atoms with Crippen LogP contribution in [0.1, 0.15) is 84.5 Å². The van der Waals surface area contributed by atoms with Crippen molar-refractivity contribution in [3.8, 4) is 11.9 Å². The molecule has 0 saturated carbocycles. The van der Waals surface area contributed by atoms with E-state index in [2.05, 4.69) is 16.0 Å². The van der Waals surface area contributed by atoms with E-state index in [1.165, 1.54) is 21.7 Å². The number of rotatable bonds is 8. The van der Waals surface area contributed by atoms with Crippen molar-refractivity contribution in [3.63, 3.8) is 0 Å². The Morgan fingerprint density at radius 3 is 2.82 bits per heavy atom. The summed E-state index contributed by atoms with van der Waals surface area (Å²) in [5.74, 6) is -1.80. The molecule has 3 aromatic rings. The predicted octanol–water partition coefficient (Wildman–Crippen LogP) is 4.98. The van der Waals surface area contributed by atoms with Crippen molar-refractivity contribution in [2.24, 2.45) is 0 Å². The smallest absolute Gasteiger partial charge is 0.270 e. The Bertz CT molecular complexity index is 1450. The van der Waals surface area contributed by atoms with E-state index in [-0.39, 0.29) is 29.7 Å². The highest BCUT2D eigenvalue weighted by Crippen LogP contribution is 2.31. The standard InChI is InChI=1S/C28H29ClFN5O3/c1-3-5-9-23-33-26(36)24(28(38)35(23)22(4-2)18-8-6-7-17(12-18)14-31)27(37)34-11-10-19(16-34)25-21(30)13-20(29)15-32-25/h6-8,12-13,15,19,22,36H,3-5,9-11,16H2,1-2H3/t19?,22-/m1/s1. The summed E-state index contributed by atoms with van der Waals surface area (Å²) in [7, 11) is 0. The number of nitrogens with zero attached hydrogens (tertiary/aromatic N) is 5. The molecule has 1 aliphatic heterocycles. The molecule has 1 aromatic carbocycles. The van der Waals surface area contributed by atoms with E-state index in [4.69, 9.17) is 11.6 Å². The van der Waals surface area contributed by atoms with E-state index in [9.17, 15) is 24.3 Å². The molecule has 4 rings (SSSR count). The van der Waals surface area contributed by atoms with Gasteiger partial charge in [0.2, 0.25) is 5.88 Å². The first kappa shape index (κ1) is 27.3. The largest absolute Gasteiger partial charge is 0.493 e. The Morgan fingerprint density at radius 1 is 1.34 bits per heavy atom. The number of carbonyl (C=O) groups is 1. The highest BCUT2D eigenvalue weighted by molar-refractivity contribution is 6.30. The maximum Gasteiger partial charge on any atom is 0.270 e. The van der Waals surface area contributed by atoms with Crippen molar-refractivity contribution in [2.45, 2.75) is 57.9 Å². The molecule has 3 heterocycles. The summed E-state index contributed by atoms with van der Waals surface area (Å²) in [6.07, 6.45) is 4.34. The molecule has 1 amide bonds. The van der Waals surface area contributed by atoms with E-state index >= 15 is 0 Å². The van der Waals surface area contributed by atoms with Crippen LogP contribution in [0.25, 0.3) is 0 Å². The van der Waals surface area contributed by atoms with Crippen LogP contribution in [0.2, 0.25) is 5.02 Å². The summed E-state index contributed by atoms with van der Waals surface area (Å²) < 4.78 is 15.9. The molecule has 1 fully saturated rings. The third-order valence-corrected chi connectivity index (χ3v) is 7.14. The minimum atomic E-state index is -0.659. The van der Waals surface area contributed by atoms with Crippen LogP contribution in [-0.4, -0.2) is 43.5 Å². The van der Waals surface area contributed by atoms with Gasteiger partial charge in [-0.25, -0.2) is 4.39 Å². The molecule has 8 nitrogen and oxygen atoms in total. The molecule has 1 N–H and O–H groups in total. The van der Waals surface area contributed by atoms with Crippen molar-refractivity contribution in [2.75, 3.05) is 13.1 Å². The number of unbranched alkanes of at least 4 members (excludes halogenated alkanes) is 1. The van der Waals surface area contributed by atoms with Gasteiger partial charge < -0.3 is 10.0 Å². The molecule has 2 aromatic heterocycles. The number of nitriles is 1. The minimum Gasteiger partial charge on any atom is -0.493 e. The molecule has 10 heteroatoms. The number of aryl methyl sites for hydroxylation is 1. The molecular formula is C28H29ClFN5O3. The van der Waals surface area contributed by atoms with Crippen LogP contribution in [0.4, 0.5) is 4.39 Å². The van der Waals surface area contributed by atoms with Gasteiger partial charge in [0.1, 0.15) is 11.6 Å². The molecule has 198 valence electrons. The van der Waals surface area contributed by atoms with E-state index in [1.54, 1.807) is 18.2 Å². The van der Waals surface area contributed by atoms with Gasteiger partial charge in [-0.05, 0) is 43.0 Å². The highest BCUT2D eigenvalue weighted by atomic mass is 35.5. The summed E-state index contributed by atoms with van der Waals surface area (Å²) in [6.45, 7) is 4.33. The molecule has 0 aliphatic carbocycles. The third kappa shape index (κ3) is 5.41. The first-order valence-electron chi connectivity index (χ1n) is 12.7. The van der Waals surface area contributed by atoms with Gasteiger partial charge in [-0.2, -0.15) is 10.2 Å². The van der Waals surface area contributed by atoms with Gasteiger partial charge in [0.25, 0.3) is 11.5 Å². The van der Waals surface area contributed by atoms with E-state index < -0.39 is 34.8 Å². The van der Waals surface area contributed by atoms with Crippen molar-refractivity contribution >= 4 is 17.5 Å². The van der Waals surface area contributed by atoms with Crippen LogP contribution in [0.3, 0.4) is 0 Å². The maximum absolute atomic E-state index is 14.5. The molecule has 38 heavy (non-hydrogen) atoms. The second-order valence-electron chi connectivity index (χ2n) is 9.42. The molecule has 1 unspecified atom stereocenters. The lowest BCUT2D eigenvalue weighted by Gasteiger charge is -2.24. The monoisotopic (exact) mass is 537 g/mol. The summed E-state index contributed by atoms with van der Waals surface area (Å²) in [5, 5.41) is 20.3. The topological polar surface area (TPSA) is 112 Å². The van der Waals surface area contributed by atoms with Crippen molar-refractivity contribution < 1.29 is 14.3 Å². The van der Waals surface area contributed by atoms with Gasteiger partial charge in [-0.15, -0.1) is 0 Å². The summed E-state index contributed by atoms with van der Waals surface area (Å²) in [5.41, 5.74) is 0.358. The Morgan fingerprint density at radius 2 is 2.13 bits per heavy atom. The van der Waals surface area contributed by atoms with Crippen LogP contribution < -0.4 is 5.56 Å². The van der Waals surface area contributed by atoms with E-state index in [0.717, 1.165) is 18.4 Å². The number of hydrogen-bond acceptors (Lipinski definition) is 6. The number of hydrogen-bond donors (Lipinski definition) is 1. The number of aromatic nitrogens is 3. The number of amides is 1. The number of pyridine rings is 1. The Kier molecular flexibility index (Phi) is 8.42. The van der Waals surface area contributed by atoms with E-state index in [0.29, 0.717) is 30.7 Å². The fourth-order valence-corrected chi connectivity index (χ4v) is 5.16. The van der Waals surface area contributed by atoms with Gasteiger partial charge in [-0.3, -0.25) is 19.1 Å². The Hall–Kier alpha value is -3.77. The summed E-state index contributed by atoms with van der Waals surface area (Å²) in [4.78, 5) is 37.3. The zero-order chi connectivity index (χ0) is 27.4. The van der Waals surface area contributed by atoms with Gasteiger partial charge in [0.15, 0.2) is 5.56 Å². The number of aromatic hydroxyl groups is 1. The minimum absolute atomic E-state index is 0.141. The van der Waals surface area contributed by atoms with Crippen molar-refractivity contribution in [3.05, 3.63) is 85.9 Å².